The molecule has 4 rings (SSSR count). The molecule has 152 valence electrons. The fourth-order valence-corrected chi connectivity index (χ4v) is 3.82. The number of hydrogen-bond acceptors (Lipinski definition) is 6. The molecule has 0 amide bonds. The van der Waals surface area contributed by atoms with Crippen molar-refractivity contribution < 1.29 is 9.15 Å². The van der Waals surface area contributed by atoms with Crippen LogP contribution in [0.2, 0.25) is 0 Å². The number of nitrogens with zero attached hydrogens (tertiary/aromatic N) is 2. The van der Waals surface area contributed by atoms with Crippen LogP contribution in [0.15, 0.2) is 75.0 Å². The van der Waals surface area contributed by atoms with Crippen molar-refractivity contribution in [3.8, 4) is 28.5 Å². The predicted molar refractivity (Wildman–Crippen MR) is 118 cm³/mol. The van der Waals surface area contributed by atoms with Crippen LogP contribution in [0.3, 0.4) is 0 Å². The van der Waals surface area contributed by atoms with Crippen molar-refractivity contribution in [2.24, 2.45) is 0 Å². The Kier molecular flexibility index (Phi) is 5.99. The number of aromatic amines is 1. The van der Waals surface area contributed by atoms with Crippen LogP contribution in [0, 0.1) is 6.92 Å². The zero-order valence-electron chi connectivity index (χ0n) is 16.7. The normalized spacial score (nSPS) is 10.9. The Labute approximate surface area is 178 Å². The van der Waals surface area contributed by atoms with E-state index in [2.05, 4.69) is 15.0 Å². The zero-order chi connectivity index (χ0) is 20.9. The van der Waals surface area contributed by atoms with Gasteiger partial charge in [0.15, 0.2) is 5.16 Å². The Hall–Kier alpha value is -3.32. The minimum Gasteiger partial charge on any atom is -0.494 e. The highest BCUT2D eigenvalue weighted by molar-refractivity contribution is 7.98. The van der Waals surface area contributed by atoms with Crippen molar-refractivity contribution >= 4 is 11.8 Å². The molecule has 0 aliphatic rings. The third-order valence-electron chi connectivity index (χ3n) is 4.44. The molecule has 0 saturated heterocycles. The summed E-state index contributed by atoms with van der Waals surface area (Å²) in [5.74, 6) is 2.65. The highest BCUT2D eigenvalue weighted by atomic mass is 32.2. The van der Waals surface area contributed by atoms with Crippen LogP contribution in [0.1, 0.15) is 18.4 Å². The maximum atomic E-state index is 12.1. The van der Waals surface area contributed by atoms with Crippen molar-refractivity contribution in [2.45, 2.75) is 24.8 Å². The average Bonchev–Trinajstić information content (AvgIpc) is 3.14. The molecule has 4 aromatic rings. The van der Waals surface area contributed by atoms with E-state index in [1.807, 2.05) is 68.4 Å². The van der Waals surface area contributed by atoms with Gasteiger partial charge in [0.25, 0.3) is 5.56 Å². The lowest BCUT2D eigenvalue weighted by molar-refractivity contribution is 0.340. The topological polar surface area (TPSA) is 81.0 Å². The number of oxazole rings is 1. The molecule has 1 N–H and O–H groups in total. The van der Waals surface area contributed by atoms with E-state index in [1.165, 1.54) is 17.8 Å². The number of aromatic nitrogens is 3. The number of ether oxygens (including phenoxy) is 1. The molecular weight excluding hydrogens is 398 g/mol. The Morgan fingerprint density at radius 3 is 2.53 bits per heavy atom. The Morgan fingerprint density at radius 1 is 1.03 bits per heavy atom. The number of rotatable bonds is 7. The number of nitrogens with one attached hydrogen (secondary N) is 1. The summed E-state index contributed by atoms with van der Waals surface area (Å²) < 4.78 is 11.3. The SMILES string of the molecule is CCOc1ccc(-c2nc(CSc3nc(-c4ccccc4)cc(=O)[nH]3)c(C)o2)cc1. The predicted octanol–water partition coefficient (Wildman–Crippen LogP) is 5.09. The second-order valence-corrected chi connectivity index (χ2v) is 7.53. The van der Waals surface area contributed by atoms with E-state index in [4.69, 9.17) is 9.15 Å². The third-order valence-corrected chi connectivity index (χ3v) is 5.32. The molecule has 0 aliphatic carbocycles. The van der Waals surface area contributed by atoms with Gasteiger partial charge in [0, 0.05) is 22.9 Å². The summed E-state index contributed by atoms with van der Waals surface area (Å²) in [6.07, 6.45) is 0. The lowest BCUT2D eigenvalue weighted by Gasteiger charge is -2.03. The third kappa shape index (κ3) is 4.63. The molecule has 2 aromatic heterocycles. The maximum Gasteiger partial charge on any atom is 0.252 e. The van der Waals surface area contributed by atoms with Gasteiger partial charge in [0.1, 0.15) is 11.5 Å². The molecule has 0 atom stereocenters. The zero-order valence-corrected chi connectivity index (χ0v) is 17.5. The van der Waals surface area contributed by atoms with Gasteiger partial charge in [-0.2, -0.15) is 0 Å². The van der Waals surface area contributed by atoms with Crippen molar-refractivity contribution in [3.63, 3.8) is 0 Å². The van der Waals surface area contributed by atoms with Crippen LogP contribution in [-0.2, 0) is 5.75 Å². The van der Waals surface area contributed by atoms with Crippen molar-refractivity contribution in [2.75, 3.05) is 6.61 Å². The van der Waals surface area contributed by atoms with Gasteiger partial charge in [0.05, 0.1) is 18.0 Å². The number of H-pyrrole nitrogens is 1. The molecular formula is C23H21N3O3S. The van der Waals surface area contributed by atoms with Crippen LogP contribution in [0.25, 0.3) is 22.7 Å². The molecule has 0 bridgehead atoms. The van der Waals surface area contributed by atoms with Crippen molar-refractivity contribution in [1.82, 2.24) is 15.0 Å². The first-order valence-electron chi connectivity index (χ1n) is 9.61. The molecule has 0 unspecified atom stereocenters. The second-order valence-electron chi connectivity index (χ2n) is 6.57. The monoisotopic (exact) mass is 419 g/mol. The molecule has 0 fully saturated rings. The van der Waals surface area contributed by atoms with Crippen molar-refractivity contribution in [3.05, 3.63) is 82.5 Å². The summed E-state index contributed by atoms with van der Waals surface area (Å²) in [6, 6.07) is 18.8. The van der Waals surface area contributed by atoms with Gasteiger partial charge < -0.3 is 14.1 Å². The van der Waals surface area contributed by atoms with E-state index in [0.717, 1.165) is 28.3 Å². The minimum absolute atomic E-state index is 0.182. The van der Waals surface area contributed by atoms with Crippen LogP contribution in [0.5, 0.6) is 5.75 Å². The van der Waals surface area contributed by atoms with Gasteiger partial charge in [-0.05, 0) is 38.1 Å². The molecule has 2 heterocycles. The smallest absolute Gasteiger partial charge is 0.252 e. The fraction of sp³-hybridized carbons (Fsp3) is 0.174. The largest absolute Gasteiger partial charge is 0.494 e. The summed E-state index contributed by atoms with van der Waals surface area (Å²) in [5, 5.41) is 0.548. The van der Waals surface area contributed by atoms with Gasteiger partial charge in [-0.25, -0.2) is 9.97 Å². The standard InChI is InChI=1S/C23H21N3O3S/c1-3-28-18-11-9-17(10-12-18)22-24-20(15(2)29-22)14-30-23-25-19(13-21(27)26-23)16-7-5-4-6-8-16/h4-13H,3,14H2,1-2H3,(H,25,26,27). The summed E-state index contributed by atoms with van der Waals surface area (Å²) in [6.45, 7) is 4.46. The number of thioether (sulfide) groups is 1. The Balaban J connectivity index is 1.51. The highest BCUT2D eigenvalue weighted by Crippen LogP contribution is 2.28. The van der Waals surface area contributed by atoms with E-state index in [9.17, 15) is 4.79 Å². The lowest BCUT2D eigenvalue weighted by atomic mass is 10.1. The minimum atomic E-state index is -0.182. The molecule has 0 radical (unpaired) electrons. The Bertz CT molecular complexity index is 1180. The first-order valence-corrected chi connectivity index (χ1v) is 10.6. The lowest BCUT2D eigenvalue weighted by Crippen LogP contribution is -2.08. The van der Waals surface area contributed by atoms with Gasteiger partial charge in [-0.15, -0.1) is 0 Å². The van der Waals surface area contributed by atoms with E-state index in [-0.39, 0.29) is 5.56 Å². The number of hydrogen-bond donors (Lipinski definition) is 1. The van der Waals surface area contributed by atoms with E-state index < -0.39 is 0 Å². The molecule has 7 heteroatoms. The maximum absolute atomic E-state index is 12.1. The summed E-state index contributed by atoms with van der Waals surface area (Å²) in [7, 11) is 0. The quantitative estimate of drug-likeness (QED) is 0.332. The molecule has 0 spiro atoms. The fourth-order valence-electron chi connectivity index (χ4n) is 2.94. The average molecular weight is 420 g/mol. The van der Waals surface area contributed by atoms with Gasteiger partial charge in [-0.1, -0.05) is 42.1 Å². The molecule has 0 saturated carbocycles. The first-order chi connectivity index (χ1) is 14.6. The van der Waals surface area contributed by atoms with Crippen LogP contribution in [0.4, 0.5) is 0 Å². The van der Waals surface area contributed by atoms with E-state index in [1.54, 1.807) is 0 Å². The molecule has 30 heavy (non-hydrogen) atoms. The second kappa shape index (κ2) is 9.00. The van der Waals surface area contributed by atoms with E-state index in [0.29, 0.717) is 29.1 Å². The first kappa shape index (κ1) is 20.0. The number of aryl methyl sites for hydroxylation is 1. The molecule has 0 aliphatic heterocycles. The van der Waals surface area contributed by atoms with Crippen LogP contribution < -0.4 is 10.3 Å². The number of benzene rings is 2. The molecule has 2 aromatic carbocycles. The summed E-state index contributed by atoms with van der Waals surface area (Å²) in [4.78, 5) is 24.1. The van der Waals surface area contributed by atoms with E-state index >= 15 is 0 Å². The van der Waals surface area contributed by atoms with Gasteiger partial charge in [-0.3, -0.25) is 4.79 Å². The summed E-state index contributed by atoms with van der Waals surface area (Å²) >= 11 is 1.42. The Morgan fingerprint density at radius 2 is 1.80 bits per heavy atom. The highest BCUT2D eigenvalue weighted by Gasteiger charge is 2.13. The van der Waals surface area contributed by atoms with Crippen LogP contribution in [-0.4, -0.2) is 21.6 Å². The molecule has 6 nitrogen and oxygen atoms in total. The van der Waals surface area contributed by atoms with Gasteiger partial charge in [0.2, 0.25) is 5.89 Å². The summed E-state index contributed by atoms with van der Waals surface area (Å²) in [5.41, 5.74) is 3.07. The van der Waals surface area contributed by atoms with Gasteiger partial charge >= 0.3 is 0 Å². The van der Waals surface area contributed by atoms with Crippen molar-refractivity contribution in [1.29, 1.82) is 0 Å². The van der Waals surface area contributed by atoms with Crippen LogP contribution >= 0.6 is 11.8 Å².